The number of carbonyl (C=O) groups excluding carboxylic acids is 2. The Bertz CT molecular complexity index is 1310. The van der Waals surface area contributed by atoms with E-state index in [1.165, 1.54) is 35.5 Å². The number of carbonyl (C=O) groups is 2. The van der Waals surface area contributed by atoms with Crippen LogP contribution in [0, 0.1) is 17.7 Å². The first-order valence-corrected chi connectivity index (χ1v) is 12.2. The summed E-state index contributed by atoms with van der Waals surface area (Å²) >= 11 is 6.05. The second-order valence-corrected chi connectivity index (χ2v) is 9.08. The van der Waals surface area contributed by atoms with E-state index < -0.39 is 5.92 Å². The number of aromatic amines is 1. The molecule has 0 saturated carbocycles. The topological polar surface area (TPSA) is 116 Å². The zero-order valence-corrected chi connectivity index (χ0v) is 20.9. The van der Waals surface area contributed by atoms with Gasteiger partial charge in [-0.05, 0) is 55.0 Å². The molecular weight excluding hydrogens is 499 g/mol. The van der Waals surface area contributed by atoms with Crippen LogP contribution < -0.4 is 0 Å². The molecule has 9 nitrogen and oxygen atoms in total. The van der Waals surface area contributed by atoms with Gasteiger partial charge in [-0.1, -0.05) is 35.9 Å². The average Bonchev–Trinajstić information content (AvgIpc) is 3.60. The second kappa shape index (κ2) is 12.4. The zero-order valence-electron chi connectivity index (χ0n) is 20.2. The van der Waals surface area contributed by atoms with Crippen LogP contribution >= 0.6 is 11.6 Å². The number of Topliss-reactive ketones (excluding diaryl/α,β-unsaturated/α-hetero) is 1. The molecule has 0 aliphatic rings. The number of ketones is 1. The van der Waals surface area contributed by atoms with Gasteiger partial charge in [-0.3, -0.25) is 9.59 Å². The molecule has 0 bridgehead atoms. The number of rotatable bonds is 12. The summed E-state index contributed by atoms with van der Waals surface area (Å²) in [5.41, 5.74) is 2.27. The predicted octanol–water partition coefficient (Wildman–Crippen LogP) is 4.56. The highest BCUT2D eigenvalue weighted by Crippen LogP contribution is 2.29. The Kier molecular flexibility index (Phi) is 8.73. The van der Waals surface area contributed by atoms with Crippen LogP contribution in [0.5, 0.6) is 0 Å². The minimum atomic E-state index is -0.553. The van der Waals surface area contributed by atoms with E-state index in [2.05, 4.69) is 25.6 Å². The van der Waals surface area contributed by atoms with Crippen LogP contribution in [0.25, 0.3) is 11.1 Å². The molecule has 1 N–H and O–H groups in total. The summed E-state index contributed by atoms with van der Waals surface area (Å²) in [6.45, 7) is 2.22. The number of benzene rings is 2. The Morgan fingerprint density at radius 2 is 1.89 bits per heavy atom. The molecule has 0 aliphatic carbocycles. The molecule has 4 rings (SSSR count). The fraction of sp³-hybridized carbons (Fsp3) is 0.308. The maximum atomic E-state index is 14.3. The van der Waals surface area contributed by atoms with Gasteiger partial charge >= 0.3 is 5.97 Å². The minimum absolute atomic E-state index is 0.152. The van der Waals surface area contributed by atoms with E-state index in [0.29, 0.717) is 29.0 Å². The van der Waals surface area contributed by atoms with Gasteiger partial charge < -0.3 is 4.74 Å². The predicted molar refractivity (Wildman–Crippen MR) is 134 cm³/mol. The van der Waals surface area contributed by atoms with E-state index in [0.717, 1.165) is 5.56 Å². The van der Waals surface area contributed by atoms with Gasteiger partial charge in [0.25, 0.3) is 0 Å². The molecule has 0 saturated heterocycles. The molecule has 0 unspecified atom stereocenters. The van der Waals surface area contributed by atoms with Crippen LogP contribution in [0.3, 0.4) is 0 Å². The number of esters is 1. The quantitative estimate of drug-likeness (QED) is 0.213. The molecule has 0 fully saturated rings. The Hall–Kier alpha value is -3.92. The lowest BCUT2D eigenvalue weighted by molar-refractivity contribution is -0.149. The van der Waals surface area contributed by atoms with Gasteiger partial charge in [0.15, 0.2) is 5.78 Å². The normalized spacial score (nSPS) is 12.7. The van der Waals surface area contributed by atoms with Gasteiger partial charge in [0.05, 0.1) is 37.7 Å². The van der Waals surface area contributed by atoms with Crippen molar-refractivity contribution in [1.82, 2.24) is 30.4 Å². The summed E-state index contributed by atoms with van der Waals surface area (Å²) in [6, 6.07) is 11.8. The van der Waals surface area contributed by atoms with Crippen molar-refractivity contribution < 1.29 is 18.7 Å². The van der Waals surface area contributed by atoms with E-state index in [4.69, 9.17) is 16.3 Å². The van der Waals surface area contributed by atoms with E-state index in [9.17, 15) is 14.0 Å². The van der Waals surface area contributed by atoms with Gasteiger partial charge in [-0.15, -0.1) is 0 Å². The molecule has 2 heterocycles. The molecule has 2 aromatic carbocycles. The first-order chi connectivity index (χ1) is 17.9. The van der Waals surface area contributed by atoms with Crippen molar-refractivity contribution in [2.75, 3.05) is 6.61 Å². The number of hydrogen-bond donors (Lipinski definition) is 1. The second-order valence-electron chi connectivity index (χ2n) is 8.64. The molecule has 0 aliphatic heterocycles. The third kappa shape index (κ3) is 7.07. The standard InChI is InChI=1S/C26H26ClFN6O3/c1-2-37-26(36)20(16-34-30-9-10-31-34)12-18(13-25(35)24-15-29-33-32-24)11-17-3-5-19(6-4-17)22-14-21(27)7-8-23(22)28/h3-10,14-15,18,20H,2,11-13,16H2,1H3,(H,29,32,33)/t18-,20+/m1/s1. The molecule has 2 aromatic heterocycles. The van der Waals surface area contributed by atoms with Crippen molar-refractivity contribution in [3.8, 4) is 11.1 Å². The number of nitrogens with one attached hydrogen (secondary N) is 1. The maximum absolute atomic E-state index is 14.3. The highest BCUT2D eigenvalue weighted by atomic mass is 35.5. The molecule has 37 heavy (non-hydrogen) atoms. The lowest BCUT2D eigenvalue weighted by Crippen LogP contribution is -2.28. The molecule has 11 heteroatoms. The summed E-state index contributed by atoms with van der Waals surface area (Å²) in [6.07, 6.45) is 5.49. The zero-order chi connectivity index (χ0) is 26.2. The minimum Gasteiger partial charge on any atom is -0.466 e. The Labute approximate surface area is 218 Å². The monoisotopic (exact) mass is 524 g/mol. The van der Waals surface area contributed by atoms with Crippen LogP contribution in [0.2, 0.25) is 5.02 Å². The summed E-state index contributed by atoms with van der Waals surface area (Å²) < 4.78 is 19.6. The highest BCUT2D eigenvalue weighted by molar-refractivity contribution is 6.30. The van der Waals surface area contributed by atoms with Crippen molar-refractivity contribution in [2.24, 2.45) is 11.8 Å². The fourth-order valence-corrected chi connectivity index (χ4v) is 4.43. The van der Waals surface area contributed by atoms with Crippen LogP contribution in [0.4, 0.5) is 4.39 Å². The number of ether oxygens (including phenoxy) is 1. The summed E-state index contributed by atoms with van der Waals surface area (Å²) in [4.78, 5) is 27.1. The van der Waals surface area contributed by atoms with E-state index >= 15 is 0 Å². The van der Waals surface area contributed by atoms with Crippen molar-refractivity contribution in [3.63, 3.8) is 0 Å². The summed E-state index contributed by atoms with van der Waals surface area (Å²) in [5, 5.41) is 18.7. The third-order valence-electron chi connectivity index (χ3n) is 5.98. The van der Waals surface area contributed by atoms with Crippen LogP contribution in [-0.4, -0.2) is 48.8 Å². The van der Waals surface area contributed by atoms with E-state index in [1.54, 1.807) is 13.0 Å². The maximum Gasteiger partial charge on any atom is 0.310 e. The van der Waals surface area contributed by atoms with E-state index in [1.807, 2.05) is 24.3 Å². The molecule has 0 radical (unpaired) electrons. The fourth-order valence-electron chi connectivity index (χ4n) is 4.26. The van der Waals surface area contributed by atoms with Gasteiger partial charge in [-0.25, -0.2) is 4.39 Å². The smallest absolute Gasteiger partial charge is 0.310 e. The molecule has 0 amide bonds. The number of hydrogen-bond acceptors (Lipinski definition) is 7. The molecule has 0 spiro atoms. The lowest BCUT2D eigenvalue weighted by atomic mass is 9.85. The number of nitrogens with zero attached hydrogens (tertiary/aromatic N) is 5. The van der Waals surface area contributed by atoms with Crippen LogP contribution in [-0.2, 0) is 22.5 Å². The first kappa shape index (κ1) is 26.2. The summed E-state index contributed by atoms with van der Waals surface area (Å²) in [5.74, 6) is -1.69. The van der Waals surface area contributed by atoms with Gasteiger partial charge in [0.1, 0.15) is 11.5 Å². The SMILES string of the molecule is CCOC(=O)[C@@H](C[C@H](CC(=O)c1cn[nH]n1)Cc1ccc(-c2cc(Cl)ccc2F)cc1)Cn1nccn1. The van der Waals surface area contributed by atoms with Gasteiger partial charge in [-0.2, -0.15) is 30.4 Å². The van der Waals surface area contributed by atoms with Crippen LogP contribution in [0.1, 0.15) is 35.8 Å². The summed E-state index contributed by atoms with van der Waals surface area (Å²) in [7, 11) is 0. The lowest BCUT2D eigenvalue weighted by Gasteiger charge is -2.22. The van der Waals surface area contributed by atoms with Gasteiger partial charge in [0, 0.05) is 17.0 Å². The molecule has 4 aromatic rings. The Balaban J connectivity index is 1.55. The number of aromatic nitrogens is 6. The van der Waals surface area contributed by atoms with E-state index in [-0.39, 0.29) is 48.8 Å². The molecular formula is C26H26ClFN6O3. The van der Waals surface area contributed by atoms with Gasteiger partial charge in [0.2, 0.25) is 0 Å². The van der Waals surface area contributed by atoms with Crippen molar-refractivity contribution in [2.45, 2.75) is 32.7 Å². The third-order valence-corrected chi connectivity index (χ3v) is 6.22. The Morgan fingerprint density at radius 3 is 2.57 bits per heavy atom. The molecule has 2 atom stereocenters. The largest absolute Gasteiger partial charge is 0.466 e. The van der Waals surface area contributed by atoms with Crippen LogP contribution in [0.15, 0.2) is 61.1 Å². The number of halogens is 2. The first-order valence-electron chi connectivity index (χ1n) is 11.9. The Morgan fingerprint density at radius 1 is 1.14 bits per heavy atom. The van der Waals surface area contributed by atoms with Crippen molar-refractivity contribution in [1.29, 1.82) is 0 Å². The molecule has 192 valence electrons. The van der Waals surface area contributed by atoms with Crippen molar-refractivity contribution >= 4 is 23.4 Å². The number of H-pyrrole nitrogens is 1. The highest BCUT2D eigenvalue weighted by Gasteiger charge is 2.28. The average molecular weight is 525 g/mol. The van der Waals surface area contributed by atoms with Crippen molar-refractivity contribution in [3.05, 3.63) is 83.2 Å².